The van der Waals surface area contributed by atoms with Crippen LogP contribution in [0.15, 0.2) is 30.3 Å². The summed E-state index contributed by atoms with van der Waals surface area (Å²) in [5, 5.41) is 20.8. The van der Waals surface area contributed by atoms with Gasteiger partial charge in [0.2, 0.25) is 0 Å². The molecular weight excluding hydrogens is 346 g/mol. The molecule has 2 rings (SSSR count). The summed E-state index contributed by atoms with van der Waals surface area (Å²) in [7, 11) is 0. The van der Waals surface area contributed by atoms with Gasteiger partial charge in [0.05, 0.1) is 15.0 Å². The van der Waals surface area contributed by atoms with E-state index < -0.39 is 10.7 Å². The van der Waals surface area contributed by atoms with Crippen LogP contribution in [0.25, 0.3) is 0 Å². The lowest BCUT2D eigenvalue weighted by Gasteiger charge is -2.24. The summed E-state index contributed by atoms with van der Waals surface area (Å²) in [6, 6.07) is 6.58. The highest BCUT2D eigenvalue weighted by Crippen LogP contribution is 2.34. The molecule has 0 radical (unpaired) electrons. The third-order valence-electron chi connectivity index (χ3n) is 3.35. The number of hydrogen-bond acceptors (Lipinski definition) is 4. The Kier molecular flexibility index (Phi) is 5.28. The van der Waals surface area contributed by atoms with E-state index in [4.69, 9.17) is 23.2 Å². The van der Waals surface area contributed by atoms with Crippen LogP contribution in [0, 0.1) is 15.9 Å². The van der Waals surface area contributed by atoms with Gasteiger partial charge in [-0.25, -0.2) is 4.39 Å². The van der Waals surface area contributed by atoms with Crippen molar-refractivity contribution < 1.29 is 14.4 Å². The lowest BCUT2D eigenvalue weighted by atomic mass is 10.1. The van der Waals surface area contributed by atoms with E-state index in [2.05, 4.69) is 0 Å². The molecule has 0 amide bonds. The monoisotopic (exact) mass is 358 g/mol. The van der Waals surface area contributed by atoms with Gasteiger partial charge in [-0.15, -0.1) is 0 Å². The summed E-state index contributed by atoms with van der Waals surface area (Å²) in [6.45, 7) is 2.53. The van der Waals surface area contributed by atoms with E-state index in [1.165, 1.54) is 18.2 Å². The van der Waals surface area contributed by atoms with Gasteiger partial charge in [0, 0.05) is 36.5 Å². The third-order valence-corrected chi connectivity index (χ3v) is 3.93. The largest absolute Gasteiger partial charge is 0.506 e. The molecule has 0 spiro atoms. The lowest BCUT2D eigenvalue weighted by molar-refractivity contribution is -0.384. The molecule has 0 unspecified atom stereocenters. The number of anilines is 1. The summed E-state index contributed by atoms with van der Waals surface area (Å²) < 4.78 is 13.3. The highest BCUT2D eigenvalue weighted by Gasteiger charge is 2.17. The fourth-order valence-corrected chi connectivity index (χ4v) is 2.55. The molecule has 2 aromatic carbocycles. The van der Waals surface area contributed by atoms with Crippen molar-refractivity contribution in [2.45, 2.75) is 13.5 Å². The highest BCUT2D eigenvalue weighted by molar-refractivity contribution is 6.32. The molecule has 8 heteroatoms. The topological polar surface area (TPSA) is 66.6 Å². The first-order valence-electron chi connectivity index (χ1n) is 6.69. The predicted octanol–water partition coefficient (Wildman–Crippen LogP) is 4.77. The summed E-state index contributed by atoms with van der Waals surface area (Å²) in [5.41, 5.74) is 0.711. The van der Waals surface area contributed by atoms with Crippen molar-refractivity contribution in [3.8, 4) is 5.75 Å². The fraction of sp³-hybridized carbons (Fsp3) is 0.200. The SMILES string of the molecule is CCN(Cc1cc([N+](=O)[O-])cc(Cl)c1O)c1ccc(F)c(Cl)c1. The number of nitro benzene ring substituents is 1. The highest BCUT2D eigenvalue weighted by atomic mass is 35.5. The Hall–Kier alpha value is -2.05. The zero-order chi connectivity index (χ0) is 17.1. The van der Waals surface area contributed by atoms with Gasteiger partial charge in [0.1, 0.15) is 11.6 Å². The maximum absolute atomic E-state index is 13.3. The van der Waals surface area contributed by atoms with Crippen LogP contribution in [0.3, 0.4) is 0 Å². The van der Waals surface area contributed by atoms with Gasteiger partial charge in [-0.1, -0.05) is 23.2 Å². The van der Waals surface area contributed by atoms with Crippen LogP contribution in [0.4, 0.5) is 15.8 Å². The van der Waals surface area contributed by atoms with Crippen LogP contribution in [0.2, 0.25) is 10.0 Å². The first-order valence-corrected chi connectivity index (χ1v) is 7.44. The molecular formula is C15H13Cl2FN2O3. The quantitative estimate of drug-likeness (QED) is 0.617. The Morgan fingerprint density at radius 1 is 1.26 bits per heavy atom. The number of nitrogens with zero attached hydrogens (tertiary/aromatic N) is 2. The number of non-ortho nitro benzene ring substituents is 1. The molecule has 122 valence electrons. The maximum atomic E-state index is 13.3. The Labute approximate surface area is 142 Å². The fourth-order valence-electron chi connectivity index (χ4n) is 2.14. The van der Waals surface area contributed by atoms with Crippen molar-refractivity contribution in [2.75, 3.05) is 11.4 Å². The number of phenols is 1. The number of benzene rings is 2. The molecule has 5 nitrogen and oxygen atoms in total. The van der Waals surface area contributed by atoms with Gasteiger partial charge in [-0.05, 0) is 25.1 Å². The second-order valence-corrected chi connectivity index (χ2v) is 5.62. The van der Waals surface area contributed by atoms with E-state index in [-0.39, 0.29) is 28.0 Å². The zero-order valence-electron chi connectivity index (χ0n) is 12.1. The number of aromatic hydroxyl groups is 1. The van der Waals surface area contributed by atoms with Crippen LogP contribution in [0.1, 0.15) is 12.5 Å². The molecule has 0 saturated heterocycles. The second-order valence-electron chi connectivity index (χ2n) is 4.81. The van der Waals surface area contributed by atoms with Crippen LogP contribution < -0.4 is 4.90 Å². The second kappa shape index (κ2) is 7.02. The Morgan fingerprint density at radius 3 is 2.52 bits per heavy atom. The van der Waals surface area contributed by atoms with Crippen molar-refractivity contribution >= 4 is 34.6 Å². The average molecular weight is 359 g/mol. The molecule has 0 aliphatic rings. The van der Waals surface area contributed by atoms with Crippen LogP contribution in [-0.2, 0) is 6.54 Å². The van der Waals surface area contributed by atoms with Crippen molar-refractivity contribution in [1.82, 2.24) is 0 Å². The average Bonchev–Trinajstić information content (AvgIpc) is 2.51. The van der Waals surface area contributed by atoms with E-state index in [1.807, 2.05) is 6.92 Å². The molecule has 0 heterocycles. The standard InChI is InChI=1S/C15H13Cl2FN2O3/c1-2-19(10-3-4-14(18)12(16)6-10)8-9-5-11(20(22)23)7-13(17)15(9)21/h3-7,21H,2,8H2,1H3. The molecule has 23 heavy (non-hydrogen) atoms. The third kappa shape index (κ3) is 3.83. The van der Waals surface area contributed by atoms with E-state index in [1.54, 1.807) is 11.0 Å². The number of hydrogen-bond donors (Lipinski definition) is 1. The number of halogens is 3. The number of nitro groups is 1. The first-order chi connectivity index (χ1) is 10.8. The molecule has 0 bridgehead atoms. The molecule has 1 N–H and O–H groups in total. The maximum Gasteiger partial charge on any atom is 0.271 e. The van der Waals surface area contributed by atoms with Crippen LogP contribution in [0.5, 0.6) is 5.75 Å². The van der Waals surface area contributed by atoms with E-state index in [9.17, 15) is 19.6 Å². The van der Waals surface area contributed by atoms with Crippen LogP contribution in [-0.4, -0.2) is 16.6 Å². The molecule has 0 atom stereocenters. The van der Waals surface area contributed by atoms with Gasteiger partial charge in [-0.3, -0.25) is 10.1 Å². The van der Waals surface area contributed by atoms with Gasteiger partial charge in [-0.2, -0.15) is 0 Å². The van der Waals surface area contributed by atoms with E-state index >= 15 is 0 Å². The van der Waals surface area contributed by atoms with Gasteiger partial charge in [0.15, 0.2) is 0 Å². The van der Waals surface area contributed by atoms with Crippen molar-refractivity contribution in [3.05, 3.63) is 61.9 Å². The van der Waals surface area contributed by atoms with E-state index in [0.29, 0.717) is 17.8 Å². The smallest absolute Gasteiger partial charge is 0.271 e. The zero-order valence-corrected chi connectivity index (χ0v) is 13.6. The van der Waals surface area contributed by atoms with Crippen molar-refractivity contribution in [1.29, 1.82) is 0 Å². The summed E-state index contributed by atoms with van der Waals surface area (Å²) in [4.78, 5) is 12.1. The summed E-state index contributed by atoms with van der Waals surface area (Å²) in [6.07, 6.45) is 0. The van der Waals surface area contributed by atoms with Gasteiger partial charge < -0.3 is 10.0 Å². The predicted molar refractivity (Wildman–Crippen MR) is 87.9 cm³/mol. The Morgan fingerprint density at radius 2 is 1.96 bits per heavy atom. The molecule has 0 aliphatic heterocycles. The molecule has 0 aliphatic carbocycles. The lowest BCUT2D eigenvalue weighted by Crippen LogP contribution is -2.22. The summed E-state index contributed by atoms with van der Waals surface area (Å²) >= 11 is 11.6. The molecule has 0 aromatic heterocycles. The minimum Gasteiger partial charge on any atom is -0.506 e. The van der Waals surface area contributed by atoms with E-state index in [0.717, 1.165) is 6.07 Å². The first kappa shape index (κ1) is 17.3. The minimum atomic E-state index is -0.583. The molecule has 0 fully saturated rings. The molecule has 0 saturated carbocycles. The Bertz CT molecular complexity index is 756. The number of phenolic OH excluding ortho intramolecular Hbond substituents is 1. The molecule has 2 aromatic rings. The number of rotatable bonds is 5. The minimum absolute atomic E-state index is 0.0257. The van der Waals surface area contributed by atoms with Crippen molar-refractivity contribution in [2.24, 2.45) is 0 Å². The van der Waals surface area contributed by atoms with Gasteiger partial charge in [0.25, 0.3) is 5.69 Å². The summed E-state index contributed by atoms with van der Waals surface area (Å²) in [5.74, 6) is -0.753. The van der Waals surface area contributed by atoms with Crippen LogP contribution >= 0.6 is 23.2 Å². The van der Waals surface area contributed by atoms with Crippen molar-refractivity contribution in [3.63, 3.8) is 0 Å². The Balaban J connectivity index is 2.38. The van der Waals surface area contributed by atoms with Gasteiger partial charge >= 0.3 is 0 Å². The normalized spacial score (nSPS) is 10.6.